The number of likely N-dealkylation sites (N-methyl/N-ethyl adjacent to an activating group) is 1. The van der Waals surface area contributed by atoms with Crippen molar-refractivity contribution >= 4 is 0 Å². The Morgan fingerprint density at radius 1 is 1.12 bits per heavy atom. The second-order valence-corrected chi connectivity index (χ2v) is 5.01. The Morgan fingerprint density at radius 2 is 1.81 bits per heavy atom. The third-order valence-electron chi connectivity index (χ3n) is 3.89. The molecule has 0 bridgehead atoms. The Labute approximate surface area is 99.1 Å². The van der Waals surface area contributed by atoms with Crippen LogP contribution < -0.4 is 0 Å². The molecule has 94 valence electrons. The SMILES string of the molecule is CCN(CC)CC1COC2(CCCCC2)O1. The summed E-state index contributed by atoms with van der Waals surface area (Å²) in [6.07, 6.45) is 6.35. The maximum atomic E-state index is 6.16. The number of hydrogen-bond donors (Lipinski definition) is 0. The van der Waals surface area contributed by atoms with Gasteiger partial charge in [0.15, 0.2) is 5.79 Å². The van der Waals surface area contributed by atoms with Crippen LogP contribution in [0.15, 0.2) is 0 Å². The molecule has 0 amide bonds. The number of nitrogens with zero attached hydrogens (tertiary/aromatic N) is 1. The van der Waals surface area contributed by atoms with Crippen molar-refractivity contribution in [3.63, 3.8) is 0 Å². The summed E-state index contributed by atoms with van der Waals surface area (Å²) >= 11 is 0. The van der Waals surface area contributed by atoms with Gasteiger partial charge in [-0.05, 0) is 25.9 Å². The minimum absolute atomic E-state index is 0.198. The van der Waals surface area contributed by atoms with Crippen molar-refractivity contribution < 1.29 is 9.47 Å². The first-order chi connectivity index (χ1) is 7.78. The van der Waals surface area contributed by atoms with Crippen LogP contribution >= 0.6 is 0 Å². The Kier molecular flexibility index (Phi) is 4.22. The van der Waals surface area contributed by atoms with Crippen LogP contribution in [0.5, 0.6) is 0 Å². The summed E-state index contributed by atoms with van der Waals surface area (Å²) in [5.74, 6) is -0.198. The molecule has 0 radical (unpaired) electrons. The van der Waals surface area contributed by atoms with Crippen LogP contribution in [0.3, 0.4) is 0 Å². The summed E-state index contributed by atoms with van der Waals surface area (Å²) in [6, 6.07) is 0. The minimum Gasteiger partial charge on any atom is -0.347 e. The lowest BCUT2D eigenvalue weighted by atomic mass is 9.94. The summed E-state index contributed by atoms with van der Waals surface area (Å²) in [5, 5.41) is 0. The molecule has 0 aromatic carbocycles. The van der Waals surface area contributed by atoms with E-state index in [9.17, 15) is 0 Å². The summed E-state index contributed by atoms with van der Waals surface area (Å²) < 4.78 is 12.1. The lowest BCUT2D eigenvalue weighted by molar-refractivity contribution is -0.188. The molecule has 1 aliphatic carbocycles. The van der Waals surface area contributed by atoms with E-state index in [1.807, 2.05) is 0 Å². The lowest BCUT2D eigenvalue weighted by Crippen LogP contribution is -2.37. The van der Waals surface area contributed by atoms with Gasteiger partial charge < -0.3 is 14.4 Å². The fourth-order valence-electron chi connectivity index (χ4n) is 2.83. The van der Waals surface area contributed by atoms with Gasteiger partial charge in [0.05, 0.1) is 12.7 Å². The van der Waals surface area contributed by atoms with Gasteiger partial charge in [-0.25, -0.2) is 0 Å². The van der Waals surface area contributed by atoms with Crippen LogP contribution in [0, 0.1) is 0 Å². The van der Waals surface area contributed by atoms with E-state index >= 15 is 0 Å². The third-order valence-corrected chi connectivity index (χ3v) is 3.89. The average Bonchev–Trinajstić information content (AvgIpc) is 2.70. The smallest absolute Gasteiger partial charge is 0.168 e. The van der Waals surface area contributed by atoms with Gasteiger partial charge in [0.25, 0.3) is 0 Å². The van der Waals surface area contributed by atoms with Gasteiger partial charge in [-0.15, -0.1) is 0 Å². The third kappa shape index (κ3) is 2.76. The first kappa shape index (κ1) is 12.3. The highest BCUT2D eigenvalue weighted by molar-refractivity contribution is 4.83. The van der Waals surface area contributed by atoms with Gasteiger partial charge in [-0.3, -0.25) is 0 Å². The van der Waals surface area contributed by atoms with E-state index in [2.05, 4.69) is 18.7 Å². The summed E-state index contributed by atoms with van der Waals surface area (Å²) in [7, 11) is 0. The molecule has 3 heteroatoms. The Hall–Kier alpha value is -0.120. The predicted molar refractivity (Wildman–Crippen MR) is 64.4 cm³/mol. The van der Waals surface area contributed by atoms with Crippen LogP contribution in [0.25, 0.3) is 0 Å². The average molecular weight is 227 g/mol. The van der Waals surface area contributed by atoms with Crippen LogP contribution in [0.1, 0.15) is 46.0 Å². The normalized spacial score (nSPS) is 29.1. The maximum Gasteiger partial charge on any atom is 0.168 e. The molecule has 1 unspecified atom stereocenters. The molecule has 2 fully saturated rings. The molecular weight excluding hydrogens is 202 g/mol. The molecule has 2 aliphatic rings. The molecule has 1 saturated heterocycles. The first-order valence-electron chi connectivity index (χ1n) is 6.82. The highest BCUT2D eigenvalue weighted by Gasteiger charge is 2.42. The van der Waals surface area contributed by atoms with Gasteiger partial charge >= 0.3 is 0 Å². The zero-order valence-corrected chi connectivity index (χ0v) is 10.7. The number of hydrogen-bond acceptors (Lipinski definition) is 3. The van der Waals surface area contributed by atoms with Crippen LogP contribution in [-0.2, 0) is 9.47 Å². The van der Waals surface area contributed by atoms with Gasteiger partial charge in [-0.2, -0.15) is 0 Å². The van der Waals surface area contributed by atoms with E-state index in [1.165, 1.54) is 19.3 Å². The van der Waals surface area contributed by atoms with Crippen molar-refractivity contribution in [3.8, 4) is 0 Å². The Balaban J connectivity index is 1.82. The molecular formula is C13H25NO2. The zero-order valence-electron chi connectivity index (χ0n) is 10.7. The summed E-state index contributed by atoms with van der Waals surface area (Å²) in [6.45, 7) is 8.42. The van der Waals surface area contributed by atoms with Crippen LogP contribution in [0.2, 0.25) is 0 Å². The van der Waals surface area contributed by atoms with E-state index < -0.39 is 0 Å². The van der Waals surface area contributed by atoms with Crippen molar-refractivity contribution in [2.24, 2.45) is 0 Å². The second kappa shape index (κ2) is 5.48. The molecule has 1 aliphatic heterocycles. The topological polar surface area (TPSA) is 21.7 Å². The van der Waals surface area contributed by atoms with Crippen molar-refractivity contribution in [1.82, 2.24) is 4.90 Å². The van der Waals surface area contributed by atoms with Gasteiger partial charge in [-0.1, -0.05) is 20.3 Å². The van der Waals surface area contributed by atoms with Crippen LogP contribution in [0.4, 0.5) is 0 Å². The predicted octanol–water partition coefficient (Wildman–Crippen LogP) is 2.40. The Bertz CT molecular complexity index is 210. The number of ether oxygens (including phenoxy) is 2. The number of rotatable bonds is 4. The van der Waals surface area contributed by atoms with Gasteiger partial charge in [0.1, 0.15) is 0 Å². The van der Waals surface area contributed by atoms with Gasteiger partial charge in [0.2, 0.25) is 0 Å². The second-order valence-electron chi connectivity index (χ2n) is 5.01. The largest absolute Gasteiger partial charge is 0.347 e. The molecule has 0 aromatic rings. The molecule has 1 saturated carbocycles. The molecule has 3 nitrogen and oxygen atoms in total. The van der Waals surface area contributed by atoms with Gasteiger partial charge in [0, 0.05) is 19.4 Å². The molecule has 0 N–H and O–H groups in total. The molecule has 2 rings (SSSR count). The summed E-state index contributed by atoms with van der Waals surface area (Å²) in [5.41, 5.74) is 0. The summed E-state index contributed by atoms with van der Waals surface area (Å²) in [4.78, 5) is 2.41. The molecule has 0 aromatic heterocycles. The standard InChI is InChI=1S/C13H25NO2/c1-3-14(4-2)10-12-11-15-13(16-12)8-6-5-7-9-13/h12H,3-11H2,1-2H3. The van der Waals surface area contributed by atoms with Crippen molar-refractivity contribution in [2.45, 2.75) is 57.8 Å². The van der Waals surface area contributed by atoms with E-state index in [0.717, 1.165) is 39.1 Å². The minimum atomic E-state index is -0.198. The molecule has 16 heavy (non-hydrogen) atoms. The highest BCUT2D eigenvalue weighted by atomic mass is 16.7. The molecule has 1 heterocycles. The van der Waals surface area contributed by atoms with E-state index in [-0.39, 0.29) is 11.9 Å². The van der Waals surface area contributed by atoms with Crippen LogP contribution in [-0.4, -0.2) is 43.0 Å². The van der Waals surface area contributed by atoms with E-state index in [4.69, 9.17) is 9.47 Å². The monoisotopic (exact) mass is 227 g/mol. The van der Waals surface area contributed by atoms with Crippen molar-refractivity contribution in [1.29, 1.82) is 0 Å². The zero-order chi connectivity index (χ0) is 11.4. The quantitative estimate of drug-likeness (QED) is 0.736. The highest BCUT2D eigenvalue weighted by Crippen LogP contribution is 2.37. The van der Waals surface area contributed by atoms with Crippen molar-refractivity contribution in [2.75, 3.05) is 26.2 Å². The fraction of sp³-hybridized carbons (Fsp3) is 1.00. The van der Waals surface area contributed by atoms with Crippen molar-refractivity contribution in [3.05, 3.63) is 0 Å². The molecule has 1 spiro atoms. The maximum absolute atomic E-state index is 6.16. The first-order valence-corrected chi connectivity index (χ1v) is 6.82. The van der Waals surface area contributed by atoms with E-state index in [1.54, 1.807) is 0 Å². The Morgan fingerprint density at radius 3 is 2.44 bits per heavy atom. The molecule has 1 atom stereocenters. The van der Waals surface area contributed by atoms with E-state index in [0.29, 0.717) is 0 Å². The lowest BCUT2D eigenvalue weighted by Gasteiger charge is -2.32. The fourth-order valence-corrected chi connectivity index (χ4v) is 2.83.